The van der Waals surface area contributed by atoms with Crippen molar-refractivity contribution in [2.24, 2.45) is 0 Å². The molecule has 0 unspecified atom stereocenters. The van der Waals surface area contributed by atoms with Crippen LogP contribution >= 0.6 is 0 Å². The Balaban J connectivity index is 2.77. The summed E-state index contributed by atoms with van der Waals surface area (Å²) in [5.74, 6) is -2.64. The Bertz CT molecular complexity index is 506. The van der Waals surface area contributed by atoms with Crippen molar-refractivity contribution in [2.45, 2.75) is 6.29 Å². The third kappa shape index (κ3) is 5.58. The molecule has 8 heteroatoms. The van der Waals surface area contributed by atoms with Gasteiger partial charge in [0.05, 0.1) is 14.2 Å². The molecule has 0 radical (unpaired) electrons. The molecule has 0 aromatic heterocycles. The Kier molecular flexibility index (Phi) is 7.14. The van der Waals surface area contributed by atoms with Gasteiger partial charge in [0.1, 0.15) is 19.0 Å². The molecule has 0 atom stereocenters. The minimum Gasteiger partial charge on any atom is -0.467 e. The molecule has 0 aliphatic rings. The zero-order chi connectivity index (χ0) is 16.5. The summed E-state index contributed by atoms with van der Waals surface area (Å²) in [5.41, 5.74) is 0.0983. The van der Waals surface area contributed by atoms with Crippen molar-refractivity contribution < 1.29 is 37.7 Å². The summed E-state index contributed by atoms with van der Waals surface area (Å²) >= 11 is 0. The lowest BCUT2D eigenvalue weighted by Gasteiger charge is -2.16. The lowest BCUT2D eigenvalue weighted by atomic mass is 10.1. The van der Waals surface area contributed by atoms with E-state index in [0.717, 1.165) is 26.4 Å². The average Bonchev–Trinajstić information content (AvgIpc) is 2.54. The van der Waals surface area contributed by atoms with Crippen LogP contribution < -0.4 is 0 Å². The molecule has 0 aliphatic carbocycles. The molecule has 1 aromatic carbocycles. The van der Waals surface area contributed by atoms with E-state index in [4.69, 9.17) is 9.47 Å². The predicted octanol–water partition coefficient (Wildman–Crippen LogP) is 0.714. The highest BCUT2D eigenvalue weighted by atomic mass is 19.1. The molecule has 0 heterocycles. The first-order valence-corrected chi connectivity index (χ1v) is 6.14. The van der Waals surface area contributed by atoms with Gasteiger partial charge in [-0.1, -0.05) is 0 Å². The number of hydrogen-bond acceptors (Lipinski definition) is 7. The minimum atomic E-state index is -1.52. The van der Waals surface area contributed by atoms with Gasteiger partial charge in [0, 0.05) is 5.56 Å². The van der Waals surface area contributed by atoms with Gasteiger partial charge in [-0.3, -0.25) is 4.79 Å². The van der Waals surface area contributed by atoms with E-state index in [1.165, 1.54) is 12.1 Å². The molecule has 0 saturated heterocycles. The highest BCUT2D eigenvalue weighted by Gasteiger charge is 2.24. The zero-order valence-electron chi connectivity index (χ0n) is 12.0. The molecule has 0 spiro atoms. The van der Waals surface area contributed by atoms with Gasteiger partial charge < -0.3 is 18.9 Å². The number of ether oxygens (including phenoxy) is 4. The second-order valence-electron chi connectivity index (χ2n) is 3.98. The van der Waals surface area contributed by atoms with Crippen molar-refractivity contribution in [1.29, 1.82) is 0 Å². The van der Waals surface area contributed by atoms with E-state index < -0.39 is 43.0 Å². The van der Waals surface area contributed by atoms with Crippen molar-refractivity contribution >= 4 is 17.7 Å². The molecular weight excluding hydrogens is 299 g/mol. The molecule has 7 nitrogen and oxygen atoms in total. The van der Waals surface area contributed by atoms with Crippen molar-refractivity contribution in [3.05, 3.63) is 35.6 Å². The van der Waals surface area contributed by atoms with Crippen molar-refractivity contribution in [1.82, 2.24) is 0 Å². The van der Waals surface area contributed by atoms with Gasteiger partial charge in [0.25, 0.3) is 0 Å². The molecule has 0 aliphatic heterocycles. The summed E-state index contributed by atoms with van der Waals surface area (Å²) < 4.78 is 31.6. The smallest absolute Gasteiger partial charge is 0.331 e. The van der Waals surface area contributed by atoms with Gasteiger partial charge in [-0.2, -0.15) is 0 Å². The maximum Gasteiger partial charge on any atom is 0.331 e. The number of halogens is 1. The van der Waals surface area contributed by atoms with Crippen molar-refractivity contribution in [3.63, 3.8) is 0 Å². The number of esters is 2. The summed E-state index contributed by atoms with van der Waals surface area (Å²) in [6.45, 7) is -1.09. The van der Waals surface area contributed by atoms with Crippen molar-refractivity contribution in [3.8, 4) is 0 Å². The van der Waals surface area contributed by atoms with E-state index in [1.54, 1.807) is 0 Å². The number of benzene rings is 1. The maximum atomic E-state index is 12.9. The topological polar surface area (TPSA) is 88.1 Å². The second-order valence-corrected chi connectivity index (χ2v) is 3.98. The quantitative estimate of drug-likeness (QED) is 0.397. The molecule has 120 valence electrons. The highest BCUT2D eigenvalue weighted by molar-refractivity contribution is 5.98. The molecule has 1 aromatic rings. The maximum absolute atomic E-state index is 12.9. The van der Waals surface area contributed by atoms with E-state index in [9.17, 15) is 18.8 Å². The predicted molar refractivity (Wildman–Crippen MR) is 70.5 cm³/mol. The number of carbonyl (C=O) groups is 3. The SMILES string of the molecule is COC(=O)COC(OCC(=O)OC)C(=O)c1ccc(F)cc1. The number of ketones is 1. The Morgan fingerprint density at radius 3 is 1.82 bits per heavy atom. The molecule has 0 bridgehead atoms. The van der Waals surface area contributed by atoms with Crippen LogP contribution in [0.15, 0.2) is 24.3 Å². The van der Waals surface area contributed by atoms with Crippen LogP contribution in [0.25, 0.3) is 0 Å². The van der Waals surface area contributed by atoms with Crippen LogP contribution in [0.4, 0.5) is 4.39 Å². The third-order valence-electron chi connectivity index (χ3n) is 2.50. The number of hydrogen-bond donors (Lipinski definition) is 0. The summed E-state index contributed by atoms with van der Waals surface area (Å²) in [7, 11) is 2.30. The molecule has 0 N–H and O–H groups in total. The molecule has 22 heavy (non-hydrogen) atoms. The van der Waals surface area contributed by atoms with Crippen molar-refractivity contribution in [2.75, 3.05) is 27.4 Å². The van der Waals surface area contributed by atoms with E-state index in [1.807, 2.05) is 0 Å². The van der Waals surface area contributed by atoms with Crippen LogP contribution in [0.3, 0.4) is 0 Å². The van der Waals surface area contributed by atoms with Gasteiger partial charge in [0.15, 0.2) is 0 Å². The molecule has 0 saturated carbocycles. The van der Waals surface area contributed by atoms with Crippen LogP contribution in [-0.2, 0) is 28.5 Å². The lowest BCUT2D eigenvalue weighted by Crippen LogP contribution is -2.32. The molecule has 0 fully saturated rings. The van der Waals surface area contributed by atoms with Gasteiger partial charge in [-0.15, -0.1) is 0 Å². The number of carbonyl (C=O) groups excluding carboxylic acids is 3. The van der Waals surface area contributed by atoms with Crippen LogP contribution in [0.5, 0.6) is 0 Å². The fourth-order valence-corrected chi connectivity index (χ4v) is 1.36. The first-order valence-electron chi connectivity index (χ1n) is 6.14. The Labute approximate surface area is 125 Å². The van der Waals surface area contributed by atoms with Gasteiger partial charge in [0.2, 0.25) is 12.1 Å². The normalized spacial score (nSPS) is 10.4. The van der Waals surface area contributed by atoms with E-state index >= 15 is 0 Å². The van der Waals surface area contributed by atoms with Crippen LogP contribution in [-0.4, -0.2) is 51.4 Å². The Morgan fingerprint density at radius 1 is 0.955 bits per heavy atom. The van der Waals surface area contributed by atoms with Crippen LogP contribution in [0, 0.1) is 5.82 Å². The van der Waals surface area contributed by atoms with E-state index in [2.05, 4.69) is 9.47 Å². The standard InChI is InChI=1S/C14H15FO7/c1-19-11(16)7-21-14(22-8-12(17)20-2)13(18)9-3-5-10(15)6-4-9/h3-6,14H,7-8H2,1-2H3. The molecular formula is C14H15FO7. The number of methoxy groups -OCH3 is 2. The second kappa shape index (κ2) is 8.85. The van der Waals surface area contributed by atoms with Gasteiger partial charge in [-0.25, -0.2) is 14.0 Å². The van der Waals surface area contributed by atoms with Crippen LogP contribution in [0.1, 0.15) is 10.4 Å². The van der Waals surface area contributed by atoms with Gasteiger partial charge in [-0.05, 0) is 24.3 Å². The lowest BCUT2D eigenvalue weighted by molar-refractivity contribution is -0.168. The highest BCUT2D eigenvalue weighted by Crippen LogP contribution is 2.10. The average molecular weight is 314 g/mol. The summed E-state index contributed by atoms with van der Waals surface area (Å²) in [6, 6.07) is 4.64. The Hall–Kier alpha value is -2.32. The third-order valence-corrected chi connectivity index (χ3v) is 2.50. The number of Topliss-reactive ketones (excluding diaryl/α,β-unsaturated/α-hetero) is 1. The monoisotopic (exact) mass is 314 g/mol. The number of rotatable bonds is 8. The summed E-state index contributed by atoms with van der Waals surface area (Å²) in [4.78, 5) is 34.3. The molecule has 1 rings (SSSR count). The van der Waals surface area contributed by atoms with E-state index in [-0.39, 0.29) is 5.56 Å². The van der Waals surface area contributed by atoms with E-state index in [0.29, 0.717) is 0 Å². The Morgan fingerprint density at radius 2 is 1.41 bits per heavy atom. The fraction of sp³-hybridized carbons (Fsp3) is 0.357. The fourth-order valence-electron chi connectivity index (χ4n) is 1.36. The largest absolute Gasteiger partial charge is 0.467 e. The first-order chi connectivity index (χ1) is 10.5. The first kappa shape index (κ1) is 17.7. The minimum absolute atomic E-state index is 0.0983. The summed E-state index contributed by atoms with van der Waals surface area (Å²) in [5, 5.41) is 0. The van der Waals surface area contributed by atoms with Crippen LogP contribution in [0.2, 0.25) is 0 Å². The van der Waals surface area contributed by atoms with Gasteiger partial charge >= 0.3 is 11.9 Å². The zero-order valence-corrected chi connectivity index (χ0v) is 12.0. The molecule has 0 amide bonds. The summed E-state index contributed by atoms with van der Waals surface area (Å²) in [6.07, 6.45) is -1.52.